The number of carbonyl (C=O) groups is 4. The molecule has 214 valence electrons. The smallest absolute Gasteiger partial charge is 0.226 e. The first-order chi connectivity index (χ1) is 19.1. The molecule has 3 rings (SSSR count). The third kappa shape index (κ3) is 9.47. The predicted molar refractivity (Wildman–Crippen MR) is 152 cm³/mol. The quantitative estimate of drug-likeness (QED) is 0.160. The SMILES string of the molecule is NC1=NCCC(=O)Nc2cc3c(cc2NC(=O)CCN=C(N)N1)NC(=O)CCN=C(N)NC(N)=NCCC(=O)N3. The molecule has 4 amide bonds. The van der Waals surface area contributed by atoms with Crippen LogP contribution in [0.5, 0.6) is 0 Å². The molecule has 2 aliphatic rings. The lowest BCUT2D eigenvalue weighted by Crippen LogP contribution is -2.42. The molecular formula is C22H32N14O4. The van der Waals surface area contributed by atoms with Crippen LogP contribution in [0.2, 0.25) is 0 Å². The Hall–Kier alpha value is -5.42. The van der Waals surface area contributed by atoms with E-state index < -0.39 is 23.6 Å². The third-order valence-electron chi connectivity index (χ3n) is 5.25. The molecule has 0 radical (unpaired) electrons. The Morgan fingerprint density at radius 3 is 0.875 bits per heavy atom. The highest BCUT2D eigenvalue weighted by Crippen LogP contribution is 2.34. The summed E-state index contributed by atoms with van der Waals surface area (Å²) in [6, 6.07) is 2.84. The summed E-state index contributed by atoms with van der Waals surface area (Å²) < 4.78 is 0. The summed E-state index contributed by atoms with van der Waals surface area (Å²) >= 11 is 0. The number of fused-ring (bicyclic) bond motifs is 2. The van der Waals surface area contributed by atoms with Gasteiger partial charge in [-0.2, -0.15) is 0 Å². The van der Waals surface area contributed by atoms with E-state index in [2.05, 4.69) is 51.9 Å². The van der Waals surface area contributed by atoms with Crippen LogP contribution in [0.4, 0.5) is 22.7 Å². The Bertz CT molecular complexity index is 1100. The van der Waals surface area contributed by atoms with E-state index in [-0.39, 0.29) is 98.5 Å². The van der Waals surface area contributed by atoms with E-state index in [1.54, 1.807) is 0 Å². The molecule has 0 saturated heterocycles. The molecule has 18 heteroatoms. The van der Waals surface area contributed by atoms with Crippen LogP contribution >= 0.6 is 0 Å². The topological polar surface area (TPSA) is 294 Å². The molecule has 14 N–H and O–H groups in total. The summed E-state index contributed by atoms with van der Waals surface area (Å²) in [6.45, 7) is 0.123. The summed E-state index contributed by atoms with van der Waals surface area (Å²) in [5, 5.41) is 15.9. The molecular weight excluding hydrogens is 524 g/mol. The maximum absolute atomic E-state index is 12.7. The molecule has 2 aliphatic heterocycles. The van der Waals surface area contributed by atoms with Gasteiger partial charge in [-0.25, -0.2) is 0 Å². The summed E-state index contributed by atoms with van der Waals surface area (Å²) in [7, 11) is 0. The highest BCUT2D eigenvalue weighted by Gasteiger charge is 2.18. The van der Waals surface area contributed by atoms with Gasteiger partial charge < -0.3 is 44.2 Å². The number of nitrogens with zero attached hydrogens (tertiary/aromatic N) is 4. The van der Waals surface area contributed by atoms with Crippen LogP contribution in [-0.4, -0.2) is 73.6 Å². The number of carbonyl (C=O) groups excluding carboxylic acids is 4. The summed E-state index contributed by atoms with van der Waals surface area (Å²) in [6.07, 6.45) is -0.261. The van der Waals surface area contributed by atoms with E-state index in [0.29, 0.717) is 0 Å². The van der Waals surface area contributed by atoms with Crippen LogP contribution in [0.3, 0.4) is 0 Å². The van der Waals surface area contributed by atoms with Gasteiger partial charge >= 0.3 is 0 Å². The van der Waals surface area contributed by atoms with Gasteiger partial charge in [0.15, 0.2) is 23.8 Å². The fourth-order valence-corrected chi connectivity index (χ4v) is 3.40. The second-order valence-corrected chi connectivity index (χ2v) is 8.45. The van der Waals surface area contributed by atoms with Crippen LogP contribution in [0.15, 0.2) is 32.1 Å². The average molecular weight is 557 g/mol. The van der Waals surface area contributed by atoms with Gasteiger partial charge in [0.05, 0.1) is 48.9 Å². The molecule has 0 aliphatic carbocycles. The number of anilines is 4. The molecule has 2 heterocycles. The van der Waals surface area contributed by atoms with Crippen LogP contribution in [0.25, 0.3) is 0 Å². The second-order valence-electron chi connectivity index (χ2n) is 8.45. The predicted octanol–water partition coefficient (Wildman–Crippen LogP) is -2.53. The van der Waals surface area contributed by atoms with Crippen molar-refractivity contribution in [3.8, 4) is 0 Å². The number of guanidine groups is 4. The maximum Gasteiger partial charge on any atom is 0.226 e. The molecule has 0 bridgehead atoms. The lowest BCUT2D eigenvalue weighted by atomic mass is 10.1. The number of benzene rings is 1. The minimum absolute atomic E-state index is 0.0306. The van der Waals surface area contributed by atoms with Gasteiger partial charge in [0.1, 0.15) is 0 Å². The van der Waals surface area contributed by atoms with E-state index in [1.165, 1.54) is 12.1 Å². The molecule has 0 fully saturated rings. The molecule has 0 atom stereocenters. The fraction of sp³-hybridized carbons (Fsp3) is 0.364. The maximum atomic E-state index is 12.7. The zero-order valence-corrected chi connectivity index (χ0v) is 21.5. The average Bonchev–Trinajstić information content (AvgIpc) is 2.85. The van der Waals surface area contributed by atoms with Gasteiger partial charge in [0.25, 0.3) is 0 Å². The fourth-order valence-electron chi connectivity index (χ4n) is 3.40. The first-order valence-electron chi connectivity index (χ1n) is 12.2. The Morgan fingerprint density at radius 1 is 0.425 bits per heavy atom. The number of hydrogen-bond acceptors (Lipinski definition) is 14. The largest absolute Gasteiger partial charge is 0.370 e. The molecule has 0 spiro atoms. The zero-order valence-electron chi connectivity index (χ0n) is 21.5. The number of nitrogens with one attached hydrogen (secondary N) is 6. The van der Waals surface area contributed by atoms with Crippen molar-refractivity contribution >= 4 is 70.2 Å². The van der Waals surface area contributed by atoms with Crippen molar-refractivity contribution in [2.45, 2.75) is 25.7 Å². The zero-order chi connectivity index (χ0) is 29.1. The van der Waals surface area contributed by atoms with Gasteiger partial charge in [0, 0.05) is 25.7 Å². The Kier molecular flexibility index (Phi) is 10.1. The normalized spacial score (nSPS) is 18.6. The number of aliphatic imine (C=N–C) groups is 4. The first-order valence-corrected chi connectivity index (χ1v) is 12.2. The number of amides is 4. The van der Waals surface area contributed by atoms with Gasteiger partial charge in [-0.15, -0.1) is 0 Å². The lowest BCUT2D eigenvalue weighted by molar-refractivity contribution is -0.117. The molecule has 1 aromatic carbocycles. The van der Waals surface area contributed by atoms with Gasteiger partial charge in [-0.05, 0) is 12.1 Å². The van der Waals surface area contributed by atoms with Crippen molar-refractivity contribution in [1.82, 2.24) is 10.6 Å². The summed E-state index contributed by atoms with van der Waals surface area (Å²) in [5.74, 6) is -1.97. The Morgan fingerprint density at radius 2 is 0.650 bits per heavy atom. The minimum Gasteiger partial charge on any atom is -0.370 e. The van der Waals surface area contributed by atoms with Gasteiger partial charge in [0.2, 0.25) is 23.6 Å². The van der Waals surface area contributed by atoms with E-state index in [1.807, 2.05) is 0 Å². The van der Waals surface area contributed by atoms with Crippen molar-refractivity contribution < 1.29 is 19.2 Å². The van der Waals surface area contributed by atoms with Crippen molar-refractivity contribution in [3.63, 3.8) is 0 Å². The van der Waals surface area contributed by atoms with Crippen molar-refractivity contribution in [1.29, 1.82) is 0 Å². The van der Waals surface area contributed by atoms with Crippen LogP contribution in [0.1, 0.15) is 25.7 Å². The van der Waals surface area contributed by atoms with Crippen molar-refractivity contribution in [2.75, 3.05) is 47.4 Å². The van der Waals surface area contributed by atoms with Crippen LogP contribution in [-0.2, 0) is 19.2 Å². The highest BCUT2D eigenvalue weighted by molar-refractivity contribution is 6.07. The van der Waals surface area contributed by atoms with Crippen LogP contribution in [0, 0.1) is 0 Å². The molecule has 0 saturated carbocycles. The van der Waals surface area contributed by atoms with E-state index in [0.717, 1.165) is 0 Å². The van der Waals surface area contributed by atoms with Gasteiger partial charge in [-0.1, -0.05) is 0 Å². The van der Waals surface area contributed by atoms with E-state index in [4.69, 9.17) is 22.9 Å². The summed E-state index contributed by atoms with van der Waals surface area (Å²) in [4.78, 5) is 66.8. The molecule has 18 nitrogen and oxygen atoms in total. The molecule has 0 aromatic heterocycles. The van der Waals surface area contributed by atoms with Crippen molar-refractivity contribution in [2.24, 2.45) is 42.9 Å². The minimum atomic E-state index is -0.455. The monoisotopic (exact) mass is 556 g/mol. The van der Waals surface area contributed by atoms with E-state index in [9.17, 15) is 19.2 Å². The number of hydrogen-bond donors (Lipinski definition) is 10. The van der Waals surface area contributed by atoms with Crippen LogP contribution < -0.4 is 54.8 Å². The Labute approximate surface area is 228 Å². The third-order valence-corrected chi connectivity index (χ3v) is 5.25. The number of rotatable bonds is 0. The lowest BCUT2D eigenvalue weighted by Gasteiger charge is -2.19. The number of nitrogens with two attached hydrogens (primary N) is 4. The molecule has 0 unspecified atom stereocenters. The summed E-state index contributed by atoms with van der Waals surface area (Å²) in [5.41, 5.74) is 23.6. The van der Waals surface area contributed by atoms with Crippen molar-refractivity contribution in [3.05, 3.63) is 12.1 Å². The second kappa shape index (κ2) is 13.9. The van der Waals surface area contributed by atoms with E-state index >= 15 is 0 Å². The van der Waals surface area contributed by atoms with Gasteiger partial charge in [-0.3, -0.25) is 49.8 Å². The first kappa shape index (κ1) is 29.1. The standard InChI is InChI=1S/C22H32N14O4/c23-19-27-5-1-15(37)31-11-9-13-14(10-12(11)32-16(38)2-6-28-20(24)35-19)34-18(40)4-8-30-22(26)36-21(25)29-7-3-17(39)33-13/h9-10H,1-8H2,(H,31,37)(H,32,38)(H,33,39)(H,34,40)(H5,23,24,27,28,35)(H5,25,26,29,30,36). The Balaban J connectivity index is 1.98. The molecule has 1 aromatic rings. The highest BCUT2D eigenvalue weighted by atomic mass is 16.2. The molecule has 40 heavy (non-hydrogen) atoms.